The van der Waals surface area contributed by atoms with Gasteiger partial charge in [0.15, 0.2) is 0 Å². The summed E-state index contributed by atoms with van der Waals surface area (Å²) in [5.41, 5.74) is 1.88. The molecule has 128 valence electrons. The molecule has 1 aliphatic carbocycles. The summed E-state index contributed by atoms with van der Waals surface area (Å²) in [6.45, 7) is 1.95. The van der Waals surface area contributed by atoms with Crippen molar-refractivity contribution < 1.29 is 9.18 Å². The highest BCUT2D eigenvalue weighted by Gasteiger charge is 2.21. The van der Waals surface area contributed by atoms with Crippen LogP contribution in [0.4, 0.5) is 4.39 Å². The minimum Gasteiger partial charge on any atom is -0.352 e. The molecule has 1 unspecified atom stereocenters. The molecule has 0 bridgehead atoms. The van der Waals surface area contributed by atoms with Crippen molar-refractivity contribution in [2.24, 2.45) is 0 Å². The van der Waals surface area contributed by atoms with Crippen molar-refractivity contribution in [1.29, 1.82) is 0 Å². The van der Waals surface area contributed by atoms with E-state index in [4.69, 9.17) is 0 Å². The molecule has 0 spiro atoms. The van der Waals surface area contributed by atoms with Gasteiger partial charge in [-0.1, -0.05) is 12.8 Å². The van der Waals surface area contributed by atoms with Crippen LogP contribution in [-0.2, 0) is 10.5 Å². The highest BCUT2D eigenvalue weighted by atomic mass is 32.2. The standard InChI is InChI=1S/C18H21FN2OS2/c1-12(17(22)20-15-4-2-3-5-15)23-10-16-11-24-18(21-16)13-6-8-14(19)9-7-13/h6-9,11-12,15H,2-5,10H2,1H3,(H,20,22). The molecule has 1 atom stereocenters. The molecule has 24 heavy (non-hydrogen) atoms. The molecule has 1 aromatic heterocycles. The van der Waals surface area contributed by atoms with E-state index in [2.05, 4.69) is 10.3 Å². The molecular weight excluding hydrogens is 343 g/mol. The fourth-order valence-electron chi connectivity index (χ4n) is 2.77. The first-order valence-electron chi connectivity index (χ1n) is 8.24. The monoisotopic (exact) mass is 364 g/mol. The van der Waals surface area contributed by atoms with Gasteiger partial charge in [0.25, 0.3) is 0 Å². The molecule has 1 aliphatic rings. The van der Waals surface area contributed by atoms with Gasteiger partial charge in [-0.2, -0.15) is 0 Å². The van der Waals surface area contributed by atoms with Crippen molar-refractivity contribution in [1.82, 2.24) is 10.3 Å². The van der Waals surface area contributed by atoms with Crippen LogP contribution >= 0.6 is 23.1 Å². The van der Waals surface area contributed by atoms with Crippen LogP contribution in [0, 0.1) is 5.82 Å². The van der Waals surface area contributed by atoms with Crippen LogP contribution in [0.3, 0.4) is 0 Å². The summed E-state index contributed by atoms with van der Waals surface area (Å²) < 4.78 is 13.0. The van der Waals surface area contributed by atoms with E-state index < -0.39 is 0 Å². The molecule has 2 aromatic rings. The van der Waals surface area contributed by atoms with Crippen LogP contribution in [0.1, 0.15) is 38.3 Å². The zero-order valence-electron chi connectivity index (χ0n) is 13.6. The molecule has 0 radical (unpaired) electrons. The molecule has 3 nitrogen and oxygen atoms in total. The van der Waals surface area contributed by atoms with Crippen LogP contribution in [0.2, 0.25) is 0 Å². The van der Waals surface area contributed by atoms with Crippen LogP contribution < -0.4 is 5.32 Å². The highest BCUT2D eigenvalue weighted by molar-refractivity contribution is 7.99. The Kier molecular flexibility index (Phi) is 5.89. The Bertz CT molecular complexity index is 681. The third-order valence-electron chi connectivity index (χ3n) is 4.19. The van der Waals surface area contributed by atoms with E-state index in [1.54, 1.807) is 35.2 Å². The van der Waals surface area contributed by atoms with E-state index in [9.17, 15) is 9.18 Å². The average Bonchev–Trinajstić information content (AvgIpc) is 3.25. The molecular formula is C18H21FN2OS2. The number of hydrogen-bond donors (Lipinski definition) is 1. The summed E-state index contributed by atoms with van der Waals surface area (Å²) in [5.74, 6) is 0.589. The van der Waals surface area contributed by atoms with Gasteiger partial charge in [0.1, 0.15) is 10.8 Å². The van der Waals surface area contributed by atoms with Crippen molar-refractivity contribution in [3.8, 4) is 10.6 Å². The number of thioether (sulfide) groups is 1. The SMILES string of the molecule is CC(SCc1csc(-c2ccc(F)cc2)n1)C(=O)NC1CCCC1. The molecule has 3 rings (SSSR count). The van der Waals surface area contributed by atoms with E-state index in [1.165, 1.54) is 25.0 Å². The Morgan fingerprint density at radius 1 is 1.38 bits per heavy atom. The van der Waals surface area contributed by atoms with E-state index in [0.717, 1.165) is 29.1 Å². The summed E-state index contributed by atoms with van der Waals surface area (Å²) >= 11 is 3.15. The maximum absolute atomic E-state index is 13.0. The number of carbonyl (C=O) groups is 1. The normalized spacial score (nSPS) is 16.2. The average molecular weight is 365 g/mol. The lowest BCUT2D eigenvalue weighted by atomic mass is 10.2. The molecule has 0 aliphatic heterocycles. The molecule has 1 amide bonds. The van der Waals surface area contributed by atoms with Crippen molar-refractivity contribution >= 4 is 29.0 Å². The lowest BCUT2D eigenvalue weighted by Gasteiger charge is -2.15. The van der Waals surface area contributed by atoms with Gasteiger partial charge in [-0.15, -0.1) is 23.1 Å². The second kappa shape index (κ2) is 8.12. The number of amides is 1. The molecule has 1 saturated carbocycles. The lowest BCUT2D eigenvalue weighted by molar-refractivity contribution is -0.120. The number of benzene rings is 1. The number of nitrogens with one attached hydrogen (secondary N) is 1. The first kappa shape index (κ1) is 17.4. The van der Waals surface area contributed by atoms with Gasteiger partial charge in [0, 0.05) is 22.7 Å². The van der Waals surface area contributed by atoms with Gasteiger partial charge in [0.2, 0.25) is 5.91 Å². The second-order valence-corrected chi connectivity index (χ2v) is 8.28. The highest BCUT2D eigenvalue weighted by Crippen LogP contribution is 2.27. The number of thiazole rings is 1. The fraction of sp³-hybridized carbons (Fsp3) is 0.444. The van der Waals surface area contributed by atoms with Gasteiger partial charge >= 0.3 is 0 Å². The minimum atomic E-state index is -0.242. The largest absolute Gasteiger partial charge is 0.352 e. The van der Waals surface area contributed by atoms with Crippen molar-refractivity contribution in [3.63, 3.8) is 0 Å². The van der Waals surface area contributed by atoms with Gasteiger partial charge in [0.05, 0.1) is 10.9 Å². The number of rotatable bonds is 6. The Hall–Kier alpha value is -1.40. The summed E-state index contributed by atoms with van der Waals surface area (Å²) in [6.07, 6.45) is 4.65. The van der Waals surface area contributed by atoms with Crippen LogP contribution in [-0.4, -0.2) is 22.2 Å². The molecule has 1 heterocycles. The number of hydrogen-bond acceptors (Lipinski definition) is 4. The van der Waals surface area contributed by atoms with Crippen molar-refractivity contribution in [2.75, 3.05) is 0 Å². The summed E-state index contributed by atoms with van der Waals surface area (Å²) in [4.78, 5) is 16.8. The Morgan fingerprint density at radius 2 is 2.08 bits per heavy atom. The molecule has 1 fully saturated rings. The van der Waals surface area contributed by atoms with E-state index in [0.29, 0.717) is 11.8 Å². The van der Waals surface area contributed by atoms with Crippen LogP contribution in [0.15, 0.2) is 29.6 Å². The molecule has 1 N–H and O–H groups in total. The first-order valence-corrected chi connectivity index (χ1v) is 10.2. The number of nitrogens with zero attached hydrogens (tertiary/aromatic N) is 1. The summed E-state index contributed by atoms with van der Waals surface area (Å²) in [6, 6.07) is 6.73. The Morgan fingerprint density at radius 3 is 2.79 bits per heavy atom. The second-order valence-electron chi connectivity index (χ2n) is 6.09. The quantitative estimate of drug-likeness (QED) is 0.812. The van der Waals surface area contributed by atoms with Crippen LogP contribution in [0.5, 0.6) is 0 Å². The first-order chi connectivity index (χ1) is 11.6. The zero-order chi connectivity index (χ0) is 16.9. The maximum Gasteiger partial charge on any atom is 0.233 e. The summed E-state index contributed by atoms with van der Waals surface area (Å²) in [5, 5.41) is 5.95. The van der Waals surface area contributed by atoms with Gasteiger partial charge in [-0.3, -0.25) is 4.79 Å². The number of halogens is 1. The van der Waals surface area contributed by atoms with Crippen LogP contribution in [0.25, 0.3) is 10.6 Å². The fourth-order valence-corrected chi connectivity index (χ4v) is 4.49. The molecule has 1 aromatic carbocycles. The maximum atomic E-state index is 13.0. The predicted molar refractivity (Wildman–Crippen MR) is 98.7 cm³/mol. The minimum absolute atomic E-state index is 0.0819. The number of aromatic nitrogens is 1. The predicted octanol–water partition coefficient (Wildman–Crippen LogP) is 4.63. The topological polar surface area (TPSA) is 42.0 Å². The van der Waals surface area contributed by atoms with Crippen molar-refractivity contribution in [3.05, 3.63) is 41.2 Å². The smallest absolute Gasteiger partial charge is 0.233 e. The molecule has 0 saturated heterocycles. The van der Waals surface area contributed by atoms with E-state index in [1.807, 2.05) is 12.3 Å². The molecule has 6 heteroatoms. The van der Waals surface area contributed by atoms with Gasteiger partial charge < -0.3 is 5.32 Å². The lowest BCUT2D eigenvalue weighted by Crippen LogP contribution is -2.37. The summed E-state index contributed by atoms with van der Waals surface area (Å²) in [7, 11) is 0. The Labute approximate surface area is 150 Å². The van der Waals surface area contributed by atoms with E-state index in [-0.39, 0.29) is 17.0 Å². The third-order valence-corrected chi connectivity index (χ3v) is 6.31. The van der Waals surface area contributed by atoms with Gasteiger partial charge in [-0.25, -0.2) is 9.37 Å². The van der Waals surface area contributed by atoms with E-state index >= 15 is 0 Å². The number of carbonyl (C=O) groups excluding carboxylic acids is 1. The Balaban J connectivity index is 1.51. The zero-order valence-corrected chi connectivity index (χ0v) is 15.3. The third kappa shape index (κ3) is 4.57. The van der Waals surface area contributed by atoms with Crippen molar-refractivity contribution in [2.45, 2.75) is 49.7 Å². The van der Waals surface area contributed by atoms with Gasteiger partial charge in [-0.05, 0) is 44.0 Å².